The van der Waals surface area contributed by atoms with Gasteiger partial charge in [0.25, 0.3) is 0 Å². The van der Waals surface area contributed by atoms with E-state index in [-0.39, 0.29) is 11.3 Å². The highest BCUT2D eigenvalue weighted by molar-refractivity contribution is 5.92. The van der Waals surface area contributed by atoms with E-state index in [2.05, 4.69) is 4.74 Å². The van der Waals surface area contributed by atoms with Crippen molar-refractivity contribution in [3.05, 3.63) is 35.4 Å². The largest absolute Gasteiger partial charge is 0.507 e. The number of phenols is 1. The zero-order valence-electron chi connectivity index (χ0n) is 10.2. The minimum Gasteiger partial charge on any atom is -0.507 e. The van der Waals surface area contributed by atoms with E-state index in [1.165, 1.54) is 19.2 Å². The molecule has 0 saturated carbocycles. The van der Waals surface area contributed by atoms with E-state index >= 15 is 0 Å². The first kappa shape index (κ1) is 13.1. The Balaban J connectivity index is 2.75. The summed E-state index contributed by atoms with van der Waals surface area (Å²) >= 11 is 0. The zero-order valence-corrected chi connectivity index (χ0v) is 10.2. The summed E-state index contributed by atoms with van der Waals surface area (Å²) in [7, 11) is 1.26. The lowest BCUT2D eigenvalue weighted by Crippen LogP contribution is -2.02. The molecule has 0 aromatic heterocycles. The second kappa shape index (κ2) is 5.94. The second-order valence-corrected chi connectivity index (χ2v) is 3.76. The number of benzene rings is 1. The number of esters is 1. The Morgan fingerprint density at radius 1 is 1.41 bits per heavy atom. The lowest BCUT2D eigenvalue weighted by molar-refractivity contribution is 0.0597. The van der Waals surface area contributed by atoms with Crippen molar-refractivity contribution in [1.82, 2.24) is 0 Å². The fourth-order valence-electron chi connectivity index (χ4n) is 1.19. The standard InChI is InChI=1S/C13H16O4/c1-9(2)6-7-17-10-4-5-11(12(14)8-10)13(15)16-3/h4-6,8,14H,7H2,1-3H3. The number of allylic oxidation sites excluding steroid dienone is 1. The first-order valence-electron chi connectivity index (χ1n) is 5.22. The molecule has 1 rings (SSSR count). The molecule has 0 unspecified atom stereocenters. The molecule has 1 aromatic carbocycles. The maximum Gasteiger partial charge on any atom is 0.341 e. The normalized spacial score (nSPS) is 9.59. The Hall–Kier alpha value is -1.97. The maximum atomic E-state index is 11.2. The van der Waals surface area contributed by atoms with Crippen LogP contribution in [0, 0.1) is 0 Å². The summed E-state index contributed by atoms with van der Waals surface area (Å²) in [5.41, 5.74) is 1.28. The lowest BCUT2D eigenvalue weighted by Gasteiger charge is -2.06. The van der Waals surface area contributed by atoms with Crippen LogP contribution in [0.2, 0.25) is 0 Å². The van der Waals surface area contributed by atoms with Crippen molar-refractivity contribution in [2.24, 2.45) is 0 Å². The molecule has 0 atom stereocenters. The minimum atomic E-state index is -0.571. The number of ether oxygens (including phenoxy) is 2. The van der Waals surface area contributed by atoms with Crippen LogP contribution in [0.1, 0.15) is 24.2 Å². The predicted octanol–water partition coefficient (Wildman–Crippen LogP) is 2.52. The number of aromatic hydroxyl groups is 1. The van der Waals surface area contributed by atoms with Crippen molar-refractivity contribution in [1.29, 1.82) is 0 Å². The third kappa shape index (κ3) is 3.83. The molecule has 0 heterocycles. The van der Waals surface area contributed by atoms with E-state index in [9.17, 15) is 9.90 Å². The van der Waals surface area contributed by atoms with Crippen LogP contribution in [0.15, 0.2) is 29.8 Å². The zero-order chi connectivity index (χ0) is 12.8. The Labute approximate surface area is 100 Å². The molecule has 0 spiro atoms. The quantitative estimate of drug-likeness (QED) is 0.644. The van der Waals surface area contributed by atoms with Gasteiger partial charge >= 0.3 is 5.97 Å². The molecule has 0 amide bonds. The first-order valence-corrected chi connectivity index (χ1v) is 5.22. The molecule has 0 saturated heterocycles. The van der Waals surface area contributed by atoms with E-state index in [0.29, 0.717) is 12.4 Å². The number of carbonyl (C=O) groups excluding carboxylic acids is 1. The summed E-state index contributed by atoms with van der Waals surface area (Å²) in [6.45, 7) is 4.38. The number of hydrogen-bond acceptors (Lipinski definition) is 4. The number of methoxy groups -OCH3 is 1. The van der Waals surface area contributed by atoms with Crippen LogP contribution < -0.4 is 4.74 Å². The van der Waals surface area contributed by atoms with Gasteiger partial charge in [0.15, 0.2) is 0 Å². The molecule has 0 aliphatic rings. The van der Waals surface area contributed by atoms with E-state index in [1.54, 1.807) is 6.07 Å². The molecule has 1 N–H and O–H groups in total. The van der Waals surface area contributed by atoms with Crippen LogP contribution in [0.4, 0.5) is 0 Å². The van der Waals surface area contributed by atoms with E-state index in [0.717, 1.165) is 5.57 Å². The van der Waals surface area contributed by atoms with Crippen molar-refractivity contribution in [3.63, 3.8) is 0 Å². The Morgan fingerprint density at radius 3 is 2.65 bits per heavy atom. The monoisotopic (exact) mass is 236 g/mol. The molecule has 0 aliphatic carbocycles. The topological polar surface area (TPSA) is 55.8 Å². The Bertz CT molecular complexity index is 431. The Morgan fingerprint density at radius 2 is 2.12 bits per heavy atom. The first-order chi connectivity index (χ1) is 8.04. The molecule has 0 aliphatic heterocycles. The van der Waals surface area contributed by atoms with Gasteiger partial charge in [-0.15, -0.1) is 0 Å². The van der Waals surface area contributed by atoms with Crippen LogP contribution in [-0.2, 0) is 4.74 Å². The van der Waals surface area contributed by atoms with Crippen LogP contribution in [-0.4, -0.2) is 24.8 Å². The van der Waals surface area contributed by atoms with E-state index in [1.807, 2.05) is 19.9 Å². The number of rotatable bonds is 4. The van der Waals surface area contributed by atoms with E-state index < -0.39 is 5.97 Å². The molecule has 0 bridgehead atoms. The molecule has 0 fully saturated rings. The fraction of sp³-hybridized carbons (Fsp3) is 0.308. The summed E-state index contributed by atoms with van der Waals surface area (Å²) in [5, 5.41) is 9.61. The van der Waals surface area contributed by atoms with Crippen molar-refractivity contribution in [2.75, 3.05) is 13.7 Å². The highest BCUT2D eigenvalue weighted by Crippen LogP contribution is 2.24. The summed E-state index contributed by atoms with van der Waals surface area (Å²) in [6.07, 6.45) is 1.92. The molecule has 4 heteroatoms. The molecule has 0 radical (unpaired) electrons. The average molecular weight is 236 g/mol. The van der Waals surface area contributed by atoms with Gasteiger partial charge in [-0.3, -0.25) is 0 Å². The van der Waals surface area contributed by atoms with Crippen molar-refractivity contribution in [2.45, 2.75) is 13.8 Å². The van der Waals surface area contributed by atoms with Gasteiger partial charge in [0.2, 0.25) is 0 Å². The molecule has 1 aromatic rings. The average Bonchev–Trinajstić information content (AvgIpc) is 2.28. The van der Waals surface area contributed by atoms with Crippen molar-refractivity contribution < 1.29 is 19.4 Å². The smallest absolute Gasteiger partial charge is 0.341 e. The second-order valence-electron chi connectivity index (χ2n) is 3.76. The molecular formula is C13H16O4. The third-order valence-corrected chi connectivity index (χ3v) is 2.12. The summed E-state index contributed by atoms with van der Waals surface area (Å²) in [5.74, 6) is -0.211. The van der Waals surface area contributed by atoms with Crippen LogP contribution in [0.25, 0.3) is 0 Å². The number of phenolic OH excluding ortho intramolecular Hbond substituents is 1. The van der Waals surface area contributed by atoms with Gasteiger partial charge < -0.3 is 14.6 Å². The molecule has 4 nitrogen and oxygen atoms in total. The van der Waals surface area contributed by atoms with E-state index in [4.69, 9.17) is 4.74 Å². The van der Waals surface area contributed by atoms with Crippen molar-refractivity contribution >= 4 is 5.97 Å². The highest BCUT2D eigenvalue weighted by atomic mass is 16.5. The predicted molar refractivity (Wildman–Crippen MR) is 64.4 cm³/mol. The summed E-state index contributed by atoms with van der Waals surface area (Å²) < 4.78 is 9.90. The third-order valence-electron chi connectivity index (χ3n) is 2.12. The lowest BCUT2D eigenvalue weighted by atomic mass is 10.2. The SMILES string of the molecule is COC(=O)c1ccc(OCC=C(C)C)cc1O. The highest BCUT2D eigenvalue weighted by Gasteiger charge is 2.11. The van der Waals surface area contributed by atoms with Gasteiger partial charge in [0.1, 0.15) is 23.7 Å². The van der Waals surface area contributed by atoms with Crippen LogP contribution >= 0.6 is 0 Å². The molecule has 92 valence electrons. The number of carbonyl (C=O) groups is 1. The van der Waals surface area contributed by atoms with Gasteiger partial charge in [-0.1, -0.05) is 5.57 Å². The maximum absolute atomic E-state index is 11.2. The van der Waals surface area contributed by atoms with Gasteiger partial charge in [0.05, 0.1) is 7.11 Å². The summed E-state index contributed by atoms with van der Waals surface area (Å²) in [6, 6.07) is 4.48. The van der Waals surface area contributed by atoms with Gasteiger partial charge in [-0.2, -0.15) is 0 Å². The van der Waals surface area contributed by atoms with Crippen molar-refractivity contribution in [3.8, 4) is 11.5 Å². The van der Waals surface area contributed by atoms with Gasteiger partial charge in [-0.25, -0.2) is 4.79 Å². The molecule has 17 heavy (non-hydrogen) atoms. The summed E-state index contributed by atoms with van der Waals surface area (Å²) in [4.78, 5) is 11.2. The van der Waals surface area contributed by atoms with Gasteiger partial charge in [0, 0.05) is 6.07 Å². The molecular weight excluding hydrogens is 220 g/mol. The van der Waals surface area contributed by atoms with Crippen LogP contribution in [0.5, 0.6) is 11.5 Å². The van der Waals surface area contributed by atoms with Gasteiger partial charge in [-0.05, 0) is 32.1 Å². The van der Waals surface area contributed by atoms with Crippen LogP contribution in [0.3, 0.4) is 0 Å². The number of hydrogen-bond donors (Lipinski definition) is 1. The Kier molecular flexibility index (Phi) is 4.57. The fourth-order valence-corrected chi connectivity index (χ4v) is 1.19. The minimum absolute atomic E-state index is 0.127.